The number of ether oxygens (including phenoxy) is 1. The van der Waals surface area contributed by atoms with E-state index in [1.54, 1.807) is 68.4 Å². The third-order valence-corrected chi connectivity index (χ3v) is 5.09. The fourth-order valence-corrected chi connectivity index (χ4v) is 3.81. The van der Waals surface area contributed by atoms with E-state index in [0.29, 0.717) is 21.7 Å². The standard InChI is InChI=1S/C21H19ClO4/c1-3-26-20(25)21(15-7-5-4-6-8-15)17(13(2)18(23)19(21)24)14-9-11-16(22)12-10-14/h4-12,17,23H,3H2,1-2H3/t17-,21+/m1/s1. The van der Waals surface area contributed by atoms with Crippen molar-refractivity contribution in [1.82, 2.24) is 0 Å². The number of aliphatic hydroxyl groups is 1. The van der Waals surface area contributed by atoms with E-state index in [1.807, 2.05) is 0 Å². The van der Waals surface area contributed by atoms with Gasteiger partial charge in [0.1, 0.15) is 0 Å². The highest BCUT2D eigenvalue weighted by atomic mass is 35.5. The van der Waals surface area contributed by atoms with Gasteiger partial charge < -0.3 is 9.84 Å². The number of hydrogen-bond acceptors (Lipinski definition) is 4. The van der Waals surface area contributed by atoms with E-state index in [-0.39, 0.29) is 12.4 Å². The predicted molar refractivity (Wildman–Crippen MR) is 99.3 cm³/mol. The number of rotatable bonds is 4. The summed E-state index contributed by atoms with van der Waals surface area (Å²) in [6.45, 7) is 3.48. The molecule has 2 aromatic carbocycles. The number of hydrogen-bond donors (Lipinski definition) is 1. The van der Waals surface area contributed by atoms with Crippen LogP contribution in [0, 0.1) is 0 Å². The van der Waals surface area contributed by atoms with Crippen LogP contribution < -0.4 is 0 Å². The lowest BCUT2D eigenvalue weighted by atomic mass is 9.67. The van der Waals surface area contributed by atoms with Crippen LogP contribution in [0.3, 0.4) is 0 Å². The number of allylic oxidation sites excluding steroid dienone is 2. The van der Waals surface area contributed by atoms with E-state index in [0.717, 1.165) is 0 Å². The smallest absolute Gasteiger partial charge is 0.325 e. The van der Waals surface area contributed by atoms with Crippen molar-refractivity contribution >= 4 is 23.4 Å². The van der Waals surface area contributed by atoms with Crippen LogP contribution >= 0.6 is 11.6 Å². The molecule has 0 saturated carbocycles. The van der Waals surface area contributed by atoms with E-state index in [1.165, 1.54) is 0 Å². The minimum atomic E-state index is -1.65. The molecule has 0 spiro atoms. The van der Waals surface area contributed by atoms with Crippen molar-refractivity contribution in [3.8, 4) is 0 Å². The van der Waals surface area contributed by atoms with Gasteiger partial charge in [0.2, 0.25) is 5.78 Å². The maximum Gasteiger partial charge on any atom is 0.325 e. The summed E-state index contributed by atoms with van der Waals surface area (Å²) in [6, 6.07) is 15.7. The van der Waals surface area contributed by atoms with E-state index in [2.05, 4.69) is 0 Å². The Balaban J connectivity index is 2.30. The van der Waals surface area contributed by atoms with E-state index in [9.17, 15) is 14.7 Å². The third kappa shape index (κ3) is 2.61. The summed E-state index contributed by atoms with van der Waals surface area (Å²) in [6.07, 6.45) is 0. The number of ketones is 1. The van der Waals surface area contributed by atoms with Gasteiger partial charge in [0.25, 0.3) is 0 Å². The van der Waals surface area contributed by atoms with Crippen molar-refractivity contribution in [1.29, 1.82) is 0 Å². The minimum absolute atomic E-state index is 0.133. The molecule has 26 heavy (non-hydrogen) atoms. The molecule has 1 N–H and O–H groups in total. The molecule has 0 unspecified atom stereocenters. The molecule has 2 aromatic rings. The fraction of sp³-hybridized carbons (Fsp3) is 0.238. The summed E-state index contributed by atoms with van der Waals surface area (Å²) in [5.74, 6) is -2.37. The lowest BCUT2D eigenvalue weighted by molar-refractivity contribution is -0.154. The molecule has 134 valence electrons. The van der Waals surface area contributed by atoms with Gasteiger partial charge in [-0.1, -0.05) is 54.1 Å². The molecular weight excluding hydrogens is 352 g/mol. The van der Waals surface area contributed by atoms with Crippen molar-refractivity contribution in [3.05, 3.63) is 82.1 Å². The van der Waals surface area contributed by atoms with Gasteiger partial charge in [0.15, 0.2) is 11.2 Å². The summed E-state index contributed by atoms with van der Waals surface area (Å²) in [5, 5.41) is 11.0. The maximum absolute atomic E-state index is 13.2. The van der Waals surface area contributed by atoms with Crippen molar-refractivity contribution in [3.63, 3.8) is 0 Å². The monoisotopic (exact) mass is 370 g/mol. The maximum atomic E-state index is 13.2. The van der Waals surface area contributed by atoms with Crippen molar-refractivity contribution in [2.75, 3.05) is 6.61 Å². The Morgan fingerprint density at radius 3 is 2.35 bits per heavy atom. The molecule has 0 fully saturated rings. The fourth-order valence-electron chi connectivity index (χ4n) is 3.69. The van der Waals surface area contributed by atoms with Crippen LogP contribution in [-0.2, 0) is 19.7 Å². The van der Waals surface area contributed by atoms with Crippen LogP contribution in [0.5, 0.6) is 0 Å². The zero-order chi connectivity index (χ0) is 18.9. The second kappa shape index (κ2) is 6.96. The van der Waals surface area contributed by atoms with Gasteiger partial charge in [-0.3, -0.25) is 9.59 Å². The Morgan fingerprint density at radius 2 is 1.77 bits per heavy atom. The SMILES string of the molecule is CCOC(=O)[C@]1(c2ccccc2)C(=O)C(O)=C(C)[C@@H]1c1ccc(Cl)cc1. The number of benzene rings is 2. The van der Waals surface area contributed by atoms with Crippen LogP contribution in [0.15, 0.2) is 65.9 Å². The van der Waals surface area contributed by atoms with Gasteiger partial charge >= 0.3 is 5.97 Å². The first-order valence-electron chi connectivity index (χ1n) is 8.37. The Hall–Kier alpha value is -2.59. The molecule has 0 bridgehead atoms. The summed E-state index contributed by atoms with van der Waals surface area (Å²) in [5.41, 5.74) is -0.0125. The highest BCUT2D eigenvalue weighted by Crippen LogP contribution is 2.52. The van der Waals surface area contributed by atoms with Crippen LogP contribution in [0.2, 0.25) is 5.02 Å². The van der Waals surface area contributed by atoms with Crippen LogP contribution in [0.4, 0.5) is 0 Å². The second-order valence-corrected chi connectivity index (χ2v) is 6.68. The summed E-state index contributed by atoms with van der Waals surface area (Å²) >= 11 is 5.99. The van der Waals surface area contributed by atoms with Gasteiger partial charge in [-0.05, 0) is 42.7 Å². The molecule has 1 aliphatic rings. The number of halogens is 1. The first-order chi connectivity index (χ1) is 12.4. The molecule has 4 nitrogen and oxygen atoms in total. The zero-order valence-corrected chi connectivity index (χ0v) is 15.3. The largest absolute Gasteiger partial charge is 0.504 e. The van der Waals surface area contributed by atoms with Crippen molar-refractivity contribution in [2.45, 2.75) is 25.2 Å². The highest BCUT2D eigenvalue weighted by molar-refractivity contribution is 6.30. The number of Topliss-reactive ketones (excluding diaryl/α,β-unsaturated/α-hetero) is 1. The summed E-state index contributed by atoms with van der Waals surface area (Å²) in [4.78, 5) is 26.3. The van der Waals surface area contributed by atoms with Crippen LogP contribution in [0.25, 0.3) is 0 Å². The van der Waals surface area contributed by atoms with Gasteiger partial charge in [-0.15, -0.1) is 0 Å². The number of esters is 1. The summed E-state index contributed by atoms with van der Waals surface area (Å²) in [7, 11) is 0. The number of carbonyl (C=O) groups is 2. The predicted octanol–water partition coefficient (Wildman–Crippen LogP) is 4.34. The molecule has 5 heteroatoms. The van der Waals surface area contributed by atoms with Crippen molar-refractivity contribution in [2.24, 2.45) is 0 Å². The third-order valence-electron chi connectivity index (χ3n) is 4.84. The van der Waals surface area contributed by atoms with Crippen molar-refractivity contribution < 1.29 is 19.4 Å². The van der Waals surface area contributed by atoms with Gasteiger partial charge in [0.05, 0.1) is 6.61 Å². The summed E-state index contributed by atoms with van der Waals surface area (Å²) < 4.78 is 5.30. The molecule has 2 atom stereocenters. The zero-order valence-electron chi connectivity index (χ0n) is 14.5. The van der Waals surface area contributed by atoms with Gasteiger partial charge in [-0.25, -0.2) is 0 Å². The molecule has 0 heterocycles. The molecule has 1 aliphatic carbocycles. The quantitative estimate of drug-likeness (QED) is 0.642. The van der Waals surface area contributed by atoms with E-state index >= 15 is 0 Å². The Labute approximate surface area is 157 Å². The van der Waals surface area contributed by atoms with Gasteiger partial charge in [0, 0.05) is 10.9 Å². The van der Waals surface area contributed by atoms with Gasteiger partial charge in [-0.2, -0.15) is 0 Å². The second-order valence-electron chi connectivity index (χ2n) is 6.24. The van der Waals surface area contributed by atoms with Crippen LogP contribution in [0.1, 0.15) is 30.9 Å². The Bertz CT molecular complexity index is 871. The lowest BCUT2D eigenvalue weighted by Crippen LogP contribution is -2.47. The Morgan fingerprint density at radius 1 is 1.15 bits per heavy atom. The molecule has 0 radical (unpaired) electrons. The normalized spacial score (nSPS) is 22.6. The minimum Gasteiger partial charge on any atom is -0.504 e. The molecule has 0 aromatic heterocycles. The van der Waals surface area contributed by atoms with Crippen LogP contribution in [-0.4, -0.2) is 23.5 Å². The first kappa shape index (κ1) is 18.2. The first-order valence-corrected chi connectivity index (χ1v) is 8.75. The lowest BCUT2D eigenvalue weighted by Gasteiger charge is -2.33. The molecule has 3 rings (SSSR count). The number of carbonyl (C=O) groups excluding carboxylic acids is 2. The van der Waals surface area contributed by atoms with E-state index < -0.39 is 23.1 Å². The topological polar surface area (TPSA) is 63.6 Å². The molecule has 0 amide bonds. The Kier molecular flexibility index (Phi) is 4.88. The highest BCUT2D eigenvalue weighted by Gasteiger charge is 2.61. The molecular formula is C21H19ClO4. The average Bonchev–Trinajstić information content (AvgIpc) is 2.85. The van der Waals surface area contributed by atoms with E-state index in [4.69, 9.17) is 16.3 Å². The molecule has 0 saturated heterocycles. The average molecular weight is 371 g/mol. The molecule has 0 aliphatic heterocycles. The number of aliphatic hydroxyl groups excluding tert-OH is 1.